The van der Waals surface area contributed by atoms with Gasteiger partial charge in [0.1, 0.15) is 28.2 Å². The quantitative estimate of drug-likeness (QED) is 0.423. The Balaban J connectivity index is 2.03. The van der Waals surface area contributed by atoms with E-state index >= 15 is 0 Å². The third-order valence-corrected chi connectivity index (χ3v) is 6.53. The first-order valence-electron chi connectivity index (χ1n) is 10.3. The summed E-state index contributed by atoms with van der Waals surface area (Å²) in [4.78, 5) is 25.8. The van der Waals surface area contributed by atoms with Crippen molar-refractivity contribution in [3.05, 3.63) is 61.3 Å². The topological polar surface area (TPSA) is 115 Å². The van der Waals surface area contributed by atoms with Crippen LogP contribution in [-0.4, -0.2) is 55.4 Å². The number of nitro groups is 1. The van der Waals surface area contributed by atoms with Crippen LogP contribution in [0.15, 0.2) is 39.5 Å². The van der Waals surface area contributed by atoms with Gasteiger partial charge in [0.05, 0.1) is 30.8 Å². The fourth-order valence-electron chi connectivity index (χ4n) is 4.54. The molecule has 174 valence electrons. The van der Waals surface area contributed by atoms with Gasteiger partial charge >= 0.3 is 0 Å². The first-order valence-corrected chi connectivity index (χ1v) is 10.7. The van der Waals surface area contributed by atoms with Gasteiger partial charge in [-0.05, 0) is 26.1 Å². The fourth-order valence-corrected chi connectivity index (χ4v) is 4.81. The number of ether oxygens (including phenoxy) is 2. The van der Waals surface area contributed by atoms with Crippen molar-refractivity contribution in [2.75, 3.05) is 34.4 Å². The predicted molar refractivity (Wildman–Crippen MR) is 124 cm³/mol. The zero-order valence-electron chi connectivity index (χ0n) is 18.3. The number of halogens is 1. The molecule has 2 unspecified atom stereocenters. The summed E-state index contributed by atoms with van der Waals surface area (Å²) in [5.41, 5.74) is 0.760. The van der Waals surface area contributed by atoms with Crippen LogP contribution in [0.4, 0.5) is 5.69 Å². The van der Waals surface area contributed by atoms with Crippen LogP contribution in [0.25, 0.3) is 22.3 Å². The number of non-ortho nitro benzene ring substituents is 1. The molecule has 1 aliphatic rings. The summed E-state index contributed by atoms with van der Waals surface area (Å²) in [5.74, 6) is 0.783. The molecule has 0 amide bonds. The highest BCUT2D eigenvalue weighted by atomic mass is 35.5. The van der Waals surface area contributed by atoms with E-state index in [0.29, 0.717) is 22.6 Å². The van der Waals surface area contributed by atoms with Crippen LogP contribution in [0.2, 0.25) is 5.02 Å². The van der Waals surface area contributed by atoms with Crippen molar-refractivity contribution in [1.29, 1.82) is 0 Å². The van der Waals surface area contributed by atoms with Gasteiger partial charge in [-0.2, -0.15) is 0 Å². The highest BCUT2D eigenvalue weighted by Gasteiger charge is 2.37. The minimum atomic E-state index is -0.550. The van der Waals surface area contributed by atoms with Crippen LogP contribution in [-0.2, 0) is 0 Å². The third-order valence-electron chi connectivity index (χ3n) is 6.22. The molecule has 1 N–H and O–H groups in total. The molecule has 1 saturated heterocycles. The minimum absolute atomic E-state index is 0.0735. The number of benzene rings is 2. The predicted octanol–water partition coefficient (Wildman–Crippen LogP) is 3.82. The molecule has 0 saturated carbocycles. The summed E-state index contributed by atoms with van der Waals surface area (Å²) in [6, 6.07) is 6.71. The molecule has 9 nitrogen and oxygen atoms in total. The SMILES string of the molecule is COc1cc(OC)c2c(=O)cc(-c3ccc([N+](=O)[O-])cc3Cl)oc2c1C1CCN(C)C1CO. The molecular formula is C23H23ClN2O7. The van der Waals surface area contributed by atoms with Crippen molar-refractivity contribution < 1.29 is 23.9 Å². The summed E-state index contributed by atoms with van der Waals surface area (Å²) in [6.07, 6.45) is 0.728. The lowest BCUT2D eigenvalue weighted by molar-refractivity contribution is -0.384. The van der Waals surface area contributed by atoms with E-state index in [1.165, 1.54) is 38.5 Å². The van der Waals surface area contributed by atoms with Gasteiger partial charge in [-0.15, -0.1) is 0 Å². The van der Waals surface area contributed by atoms with E-state index < -0.39 is 4.92 Å². The molecule has 1 aromatic heterocycles. The van der Waals surface area contributed by atoms with Crippen molar-refractivity contribution >= 4 is 28.3 Å². The van der Waals surface area contributed by atoms with Gasteiger partial charge in [0, 0.05) is 47.4 Å². The molecule has 3 aromatic rings. The molecule has 2 atom stereocenters. The van der Waals surface area contributed by atoms with E-state index in [9.17, 15) is 20.0 Å². The molecule has 0 radical (unpaired) electrons. The zero-order chi connectivity index (χ0) is 23.9. The molecule has 0 spiro atoms. The van der Waals surface area contributed by atoms with Crippen molar-refractivity contribution in [1.82, 2.24) is 4.90 Å². The van der Waals surface area contributed by atoms with E-state index in [1.807, 2.05) is 7.05 Å². The fraction of sp³-hybridized carbons (Fsp3) is 0.348. The Morgan fingerprint density at radius 3 is 2.58 bits per heavy atom. The number of nitrogens with zero attached hydrogens (tertiary/aromatic N) is 2. The number of aliphatic hydroxyl groups excluding tert-OH is 1. The Morgan fingerprint density at radius 2 is 1.97 bits per heavy atom. The summed E-state index contributed by atoms with van der Waals surface area (Å²) >= 11 is 6.30. The lowest BCUT2D eigenvalue weighted by Gasteiger charge is -2.25. The number of hydrogen-bond acceptors (Lipinski definition) is 8. The molecule has 0 bridgehead atoms. The lowest BCUT2D eigenvalue weighted by Crippen LogP contribution is -2.32. The molecule has 2 heterocycles. The van der Waals surface area contributed by atoms with Crippen LogP contribution >= 0.6 is 11.6 Å². The second-order valence-corrected chi connectivity index (χ2v) is 8.33. The molecule has 2 aromatic carbocycles. The van der Waals surface area contributed by atoms with Crippen molar-refractivity contribution in [2.45, 2.75) is 18.4 Å². The van der Waals surface area contributed by atoms with Crippen LogP contribution in [0.5, 0.6) is 11.5 Å². The maximum atomic E-state index is 13.2. The van der Waals surface area contributed by atoms with Crippen LogP contribution in [0.3, 0.4) is 0 Å². The minimum Gasteiger partial charge on any atom is -0.496 e. The van der Waals surface area contributed by atoms with Crippen molar-refractivity contribution in [3.8, 4) is 22.8 Å². The number of rotatable bonds is 6. The van der Waals surface area contributed by atoms with Gasteiger partial charge in [0.25, 0.3) is 5.69 Å². The lowest BCUT2D eigenvalue weighted by atomic mass is 9.89. The zero-order valence-corrected chi connectivity index (χ0v) is 19.1. The Hall–Kier alpha value is -3.14. The molecule has 0 aliphatic carbocycles. The summed E-state index contributed by atoms with van der Waals surface area (Å²) in [6.45, 7) is 0.681. The summed E-state index contributed by atoms with van der Waals surface area (Å²) in [5, 5.41) is 21.4. The number of aliphatic hydroxyl groups is 1. The van der Waals surface area contributed by atoms with E-state index in [0.717, 1.165) is 13.0 Å². The van der Waals surface area contributed by atoms with Crippen LogP contribution in [0, 0.1) is 10.1 Å². The first-order chi connectivity index (χ1) is 15.8. The number of hydrogen-bond donors (Lipinski definition) is 1. The normalized spacial score (nSPS) is 18.6. The molecule has 33 heavy (non-hydrogen) atoms. The second kappa shape index (κ2) is 9.01. The molecular weight excluding hydrogens is 452 g/mol. The molecule has 4 rings (SSSR count). The highest BCUT2D eigenvalue weighted by molar-refractivity contribution is 6.33. The number of fused-ring (bicyclic) bond motifs is 1. The number of likely N-dealkylation sites (tertiary alicyclic amines) is 1. The number of likely N-dealkylation sites (N-methyl/N-ethyl adjacent to an activating group) is 1. The van der Waals surface area contributed by atoms with Crippen LogP contribution < -0.4 is 14.9 Å². The van der Waals surface area contributed by atoms with Gasteiger partial charge in [-0.3, -0.25) is 14.9 Å². The molecule has 10 heteroatoms. The Kier molecular flexibility index (Phi) is 6.29. The van der Waals surface area contributed by atoms with Crippen molar-refractivity contribution in [2.24, 2.45) is 0 Å². The smallest absolute Gasteiger partial charge is 0.270 e. The number of methoxy groups -OCH3 is 2. The van der Waals surface area contributed by atoms with E-state index in [2.05, 4.69) is 4.90 Å². The molecule has 1 fully saturated rings. The second-order valence-electron chi connectivity index (χ2n) is 7.92. The maximum Gasteiger partial charge on any atom is 0.270 e. The highest BCUT2D eigenvalue weighted by Crippen LogP contribution is 2.45. The van der Waals surface area contributed by atoms with Gasteiger partial charge in [0.2, 0.25) is 0 Å². The standard InChI is InChI=1S/C23H23ClN2O7/c1-25-7-6-14(16(25)11-27)21-19(31-2)10-20(32-3)22-17(28)9-18(33-23(21)22)13-5-4-12(26(29)30)8-15(13)24/h4-5,8-10,14,16,27H,6-7,11H2,1-3H3. The van der Waals surface area contributed by atoms with E-state index in [4.69, 9.17) is 25.5 Å². The first kappa shape index (κ1) is 23.0. The van der Waals surface area contributed by atoms with E-state index in [1.54, 1.807) is 6.07 Å². The average Bonchev–Trinajstić information content (AvgIpc) is 3.17. The van der Waals surface area contributed by atoms with E-state index in [-0.39, 0.29) is 51.4 Å². The summed E-state index contributed by atoms with van der Waals surface area (Å²) in [7, 11) is 4.90. The largest absolute Gasteiger partial charge is 0.496 e. The summed E-state index contributed by atoms with van der Waals surface area (Å²) < 4.78 is 17.3. The Bertz CT molecular complexity index is 1290. The Morgan fingerprint density at radius 1 is 1.24 bits per heavy atom. The van der Waals surface area contributed by atoms with Gasteiger partial charge < -0.3 is 23.9 Å². The van der Waals surface area contributed by atoms with Crippen molar-refractivity contribution in [3.63, 3.8) is 0 Å². The number of nitro benzene ring substituents is 1. The van der Waals surface area contributed by atoms with Gasteiger partial charge in [-0.25, -0.2) is 0 Å². The monoisotopic (exact) mass is 474 g/mol. The third kappa shape index (κ3) is 3.92. The van der Waals surface area contributed by atoms with Gasteiger partial charge in [-0.1, -0.05) is 11.6 Å². The average molecular weight is 475 g/mol. The van der Waals surface area contributed by atoms with Crippen LogP contribution in [0.1, 0.15) is 17.9 Å². The Labute approximate surface area is 194 Å². The molecule has 1 aliphatic heterocycles. The maximum absolute atomic E-state index is 13.2. The van der Waals surface area contributed by atoms with Gasteiger partial charge in [0.15, 0.2) is 5.43 Å².